The van der Waals surface area contributed by atoms with Crippen molar-refractivity contribution in [3.05, 3.63) is 29.4 Å². The van der Waals surface area contributed by atoms with Crippen LogP contribution in [-0.4, -0.2) is 16.2 Å². The maximum atomic E-state index is 6.14. The van der Waals surface area contributed by atoms with Crippen molar-refractivity contribution in [3.63, 3.8) is 0 Å². The monoisotopic (exact) mass is 261 g/mol. The predicted octanol–water partition coefficient (Wildman–Crippen LogP) is 4.03. The highest BCUT2D eigenvalue weighted by molar-refractivity contribution is 6.35. The smallest absolute Gasteiger partial charge is 0.114 e. The molecular weight excluding hydrogens is 246 g/mol. The molecule has 4 heteroatoms. The number of rotatable bonds is 2. The molecule has 18 heavy (non-hydrogen) atoms. The van der Waals surface area contributed by atoms with E-state index in [9.17, 15) is 0 Å². The number of nitrogens with one attached hydrogen (secondary N) is 1. The number of halogens is 1. The molecule has 1 aliphatic rings. The Kier molecular flexibility index (Phi) is 3.33. The summed E-state index contributed by atoms with van der Waals surface area (Å²) in [6, 6.07) is 6.41. The lowest BCUT2D eigenvalue weighted by atomic mass is 9.95. The highest BCUT2D eigenvalue weighted by atomic mass is 35.5. The van der Waals surface area contributed by atoms with Gasteiger partial charge in [-0.15, -0.1) is 5.10 Å². The minimum Gasteiger partial charge on any atom is -0.380 e. The molecule has 1 aromatic carbocycles. The van der Waals surface area contributed by atoms with Gasteiger partial charge in [0.1, 0.15) is 5.52 Å². The van der Waals surface area contributed by atoms with Crippen LogP contribution in [0, 0.1) is 0 Å². The number of nitrogens with zero attached hydrogens (tertiary/aromatic N) is 2. The SMILES string of the molecule is Clc1cccc2c(NC3CCCCC3)cnnc12. The van der Waals surface area contributed by atoms with Crippen LogP contribution < -0.4 is 5.32 Å². The molecule has 1 aliphatic carbocycles. The second kappa shape index (κ2) is 5.11. The summed E-state index contributed by atoms with van der Waals surface area (Å²) in [5.41, 5.74) is 1.83. The molecule has 3 rings (SSSR count). The van der Waals surface area contributed by atoms with Gasteiger partial charge >= 0.3 is 0 Å². The average Bonchev–Trinajstić information content (AvgIpc) is 2.41. The van der Waals surface area contributed by atoms with Crippen molar-refractivity contribution in [2.24, 2.45) is 0 Å². The van der Waals surface area contributed by atoms with Crippen molar-refractivity contribution < 1.29 is 0 Å². The van der Waals surface area contributed by atoms with Crippen LogP contribution in [-0.2, 0) is 0 Å². The average molecular weight is 262 g/mol. The molecule has 2 aromatic rings. The minimum atomic E-state index is 0.560. The Labute approximate surface area is 112 Å². The first-order valence-electron chi connectivity index (χ1n) is 6.51. The van der Waals surface area contributed by atoms with Crippen molar-refractivity contribution >= 4 is 28.2 Å². The quantitative estimate of drug-likeness (QED) is 0.887. The Hall–Kier alpha value is -1.35. The number of anilines is 1. The first-order chi connectivity index (χ1) is 8.84. The van der Waals surface area contributed by atoms with Gasteiger partial charge in [-0.1, -0.05) is 43.0 Å². The summed E-state index contributed by atoms with van der Waals surface area (Å²) in [6.45, 7) is 0. The topological polar surface area (TPSA) is 37.8 Å². The molecule has 0 unspecified atom stereocenters. The van der Waals surface area contributed by atoms with Gasteiger partial charge in [0.15, 0.2) is 0 Å². The summed E-state index contributed by atoms with van der Waals surface area (Å²) in [5, 5.41) is 13.5. The first-order valence-corrected chi connectivity index (χ1v) is 6.89. The van der Waals surface area contributed by atoms with E-state index in [4.69, 9.17) is 11.6 Å². The zero-order chi connectivity index (χ0) is 12.4. The van der Waals surface area contributed by atoms with Crippen molar-refractivity contribution in [2.45, 2.75) is 38.1 Å². The fraction of sp³-hybridized carbons (Fsp3) is 0.429. The summed E-state index contributed by atoms with van der Waals surface area (Å²) in [6.07, 6.45) is 8.27. The van der Waals surface area contributed by atoms with Crippen LogP contribution in [0.2, 0.25) is 5.02 Å². The lowest BCUT2D eigenvalue weighted by molar-refractivity contribution is 0.463. The molecule has 0 bridgehead atoms. The molecule has 1 N–H and O–H groups in total. The predicted molar refractivity (Wildman–Crippen MR) is 75.0 cm³/mol. The van der Waals surface area contributed by atoms with E-state index < -0.39 is 0 Å². The maximum absolute atomic E-state index is 6.14. The summed E-state index contributed by atoms with van der Waals surface area (Å²) < 4.78 is 0. The zero-order valence-corrected chi connectivity index (χ0v) is 11.0. The fourth-order valence-electron chi connectivity index (χ4n) is 2.63. The van der Waals surface area contributed by atoms with E-state index in [1.807, 2.05) is 18.2 Å². The van der Waals surface area contributed by atoms with Crippen LogP contribution in [0.25, 0.3) is 10.9 Å². The Bertz CT molecular complexity index is 550. The van der Waals surface area contributed by atoms with Gasteiger partial charge in [0.2, 0.25) is 0 Å². The molecule has 0 aliphatic heterocycles. The maximum Gasteiger partial charge on any atom is 0.114 e. The zero-order valence-electron chi connectivity index (χ0n) is 10.2. The fourth-order valence-corrected chi connectivity index (χ4v) is 2.84. The third kappa shape index (κ3) is 2.27. The molecule has 1 fully saturated rings. The number of hydrogen-bond donors (Lipinski definition) is 1. The van der Waals surface area contributed by atoms with E-state index in [1.165, 1.54) is 32.1 Å². The molecule has 3 nitrogen and oxygen atoms in total. The van der Waals surface area contributed by atoms with Gasteiger partial charge in [-0.05, 0) is 18.9 Å². The van der Waals surface area contributed by atoms with Gasteiger partial charge in [-0.2, -0.15) is 5.10 Å². The standard InChI is InChI=1S/C14H16ClN3/c15-12-8-4-7-11-13(9-16-18-14(11)12)17-10-5-2-1-3-6-10/h4,7-10H,1-3,5-6H2,(H,17,18). The Balaban J connectivity index is 1.93. The van der Waals surface area contributed by atoms with E-state index in [2.05, 4.69) is 15.5 Å². The van der Waals surface area contributed by atoms with E-state index in [-0.39, 0.29) is 0 Å². The summed E-state index contributed by atoms with van der Waals surface area (Å²) >= 11 is 6.14. The van der Waals surface area contributed by atoms with Gasteiger partial charge in [-0.25, -0.2) is 0 Å². The Morgan fingerprint density at radius 3 is 2.83 bits per heavy atom. The highest BCUT2D eigenvalue weighted by Crippen LogP contribution is 2.28. The van der Waals surface area contributed by atoms with Gasteiger partial charge < -0.3 is 5.32 Å². The Morgan fingerprint density at radius 2 is 2.00 bits per heavy atom. The molecule has 1 saturated carbocycles. The Morgan fingerprint density at radius 1 is 1.17 bits per heavy atom. The normalized spacial score (nSPS) is 16.9. The second-order valence-corrected chi connectivity index (χ2v) is 5.28. The minimum absolute atomic E-state index is 0.560. The van der Waals surface area contributed by atoms with Crippen molar-refractivity contribution in [2.75, 3.05) is 5.32 Å². The van der Waals surface area contributed by atoms with E-state index >= 15 is 0 Å². The lowest BCUT2D eigenvalue weighted by Crippen LogP contribution is -2.22. The molecule has 1 heterocycles. The van der Waals surface area contributed by atoms with E-state index in [1.54, 1.807) is 6.20 Å². The molecule has 0 atom stereocenters. The number of hydrogen-bond acceptors (Lipinski definition) is 3. The van der Waals surface area contributed by atoms with Gasteiger partial charge in [-0.3, -0.25) is 0 Å². The largest absolute Gasteiger partial charge is 0.380 e. The van der Waals surface area contributed by atoms with Crippen LogP contribution in [0.15, 0.2) is 24.4 Å². The van der Waals surface area contributed by atoms with Crippen LogP contribution in [0.3, 0.4) is 0 Å². The van der Waals surface area contributed by atoms with Crippen LogP contribution >= 0.6 is 11.6 Å². The van der Waals surface area contributed by atoms with E-state index in [0.717, 1.165) is 16.6 Å². The van der Waals surface area contributed by atoms with Gasteiger partial charge in [0.05, 0.1) is 16.9 Å². The van der Waals surface area contributed by atoms with Gasteiger partial charge in [0, 0.05) is 11.4 Å². The molecule has 94 valence electrons. The third-order valence-corrected chi connectivity index (χ3v) is 3.89. The molecule has 0 spiro atoms. The van der Waals surface area contributed by atoms with Crippen LogP contribution in [0.4, 0.5) is 5.69 Å². The summed E-state index contributed by atoms with van der Waals surface area (Å²) in [4.78, 5) is 0. The molecule has 0 radical (unpaired) electrons. The molecular formula is C14H16ClN3. The summed E-state index contributed by atoms with van der Waals surface area (Å²) in [5.74, 6) is 0. The third-order valence-electron chi connectivity index (χ3n) is 3.59. The van der Waals surface area contributed by atoms with Crippen LogP contribution in [0.1, 0.15) is 32.1 Å². The van der Waals surface area contributed by atoms with Crippen LogP contribution in [0.5, 0.6) is 0 Å². The number of fused-ring (bicyclic) bond motifs is 1. The first kappa shape index (κ1) is 11.7. The number of aromatic nitrogens is 2. The molecule has 0 amide bonds. The van der Waals surface area contributed by atoms with Gasteiger partial charge in [0.25, 0.3) is 0 Å². The molecule has 1 aromatic heterocycles. The second-order valence-electron chi connectivity index (χ2n) is 4.87. The summed E-state index contributed by atoms with van der Waals surface area (Å²) in [7, 11) is 0. The van der Waals surface area contributed by atoms with E-state index in [0.29, 0.717) is 11.1 Å². The highest BCUT2D eigenvalue weighted by Gasteiger charge is 2.14. The van der Waals surface area contributed by atoms with Crippen molar-refractivity contribution in [1.82, 2.24) is 10.2 Å². The van der Waals surface area contributed by atoms with Crippen molar-refractivity contribution in [3.8, 4) is 0 Å². The lowest BCUT2D eigenvalue weighted by Gasteiger charge is -2.24. The van der Waals surface area contributed by atoms with Crippen molar-refractivity contribution in [1.29, 1.82) is 0 Å². The molecule has 0 saturated heterocycles. The number of benzene rings is 1.